The van der Waals surface area contributed by atoms with Crippen LogP contribution in [0.25, 0.3) is 0 Å². The highest BCUT2D eigenvalue weighted by molar-refractivity contribution is 7.92. The molecule has 0 aromatic heterocycles. The van der Waals surface area contributed by atoms with E-state index in [1.807, 2.05) is 18.2 Å². The molecule has 39 heavy (non-hydrogen) atoms. The van der Waals surface area contributed by atoms with Gasteiger partial charge in [-0.1, -0.05) is 30.3 Å². The molecule has 9 nitrogen and oxygen atoms in total. The number of benzene rings is 3. The first kappa shape index (κ1) is 29.9. The number of sulfonamides is 1. The van der Waals surface area contributed by atoms with Crippen LogP contribution >= 0.6 is 12.4 Å². The van der Waals surface area contributed by atoms with Crippen molar-refractivity contribution in [1.29, 1.82) is 0 Å². The van der Waals surface area contributed by atoms with Crippen LogP contribution in [0.4, 0.5) is 5.69 Å². The molecule has 1 aliphatic rings. The number of anilines is 1. The molecule has 5 N–H and O–H groups in total. The van der Waals surface area contributed by atoms with Crippen LogP contribution in [0.1, 0.15) is 35.2 Å². The SMILES string of the molecule is Cl.NC(=O)c1ccc(S(=O)(=O)Nc2ccccc2Oc2ccccc2)c(CC(=O)NCCC2CCNCC2)c1. The van der Waals surface area contributed by atoms with Crippen molar-refractivity contribution in [1.82, 2.24) is 10.6 Å². The number of hydrogen-bond acceptors (Lipinski definition) is 6. The lowest BCUT2D eigenvalue weighted by molar-refractivity contribution is -0.120. The number of carbonyl (C=O) groups is 2. The second-order valence-electron chi connectivity index (χ2n) is 9.21. The molecule has 0 bridgehead atoms. The van der Waals surface area contributed by atoms with Crippen LogP contribution in [0.3, 0.4) is 0 Å². The molecular formula is C28H33ClN4O5S. The van der Waals surface area contributed by atoms with Crippen molar-refractivity contribution in [3.63, 3.8) is 0 Å². The third kappa shape index (κ3) is 8.44. The lowest BCUT2D eigenvalue weighted by Crippen LogP contribution is -2.32. The number of piperidine rings is 1. The fourth-order valence-corrected chi connectivity index (χ4v) is 5.70. The first-order valence-electron chi connectivity index (χ1n) is 12.6. The van der Waals surface area contributed by atoms with Gasteiger partial charge in [-0.2, -0.15) is 0 Å². The van der Waals surface area contributed by atoms with E-state index in [9.17, 15) is 18.0 Å². The predicted octanol–water partition coefficient (Wildman–Crippen LogP) is 3.85. The van der Waals surface area contributed by atoms with Gasteiger partial charge in [0.1, 0.15) is 5.75 Å². The summed E-state index contributed by atoms with van der Waals surface area (Å²) in [5.41, 5.74) is 5.95. The van der Waals surface area contributed by atoms with Gasteiger partial charge in [-0.25, -0.2) is 8.42 Å². The van der Waals surface area contributed by atoms with Gasteiger partial charge < -0.3 is 21.1 Å². The highest BCUT2D eigenvalue weighted by atomic mass is 35.5. The van der Waals surface area contributed by atoms with Gasteiger partial charge in [0.05, 0.1) is 17.0 Å². The Bertz CT molecular complexity index is 1380. The van der Waals surface area contributed by atoms with E-state index in [-0.39, 0.29) is 46.4 Å². The van der Waals surface area contributed by atoms with Gasteiger partial charge in [0.2, 0.25) is 11.8 Å². The lowest BCUT2D eigenvalue weighted by atomic mass is 9.95. The van der Waals surface area contributed by atoms with Gasteiger partial charge in [-0.05, 0) is 86.3 Å². The second kappa shape index (κ2) is 14.0. The van der Waals surface area contributed by atoms with Crippen molar-refractivity contribution in [2.45, 2.75) is 30.6 Å². The third-order valence-corrected chi connectivity index (χ3v) is 7.89. The first-order valence-corrected chi connectivity index (χ1v) is 14.0. The van der Waals surface area contributed by atoms with E-state index < -0.39 is 15.9 Å². The summed E-state index contributed by atoms with van der Waals surface area (Å²) in [5, 5.41) is 6.20. The Morgan fingerprint density at radius 1 is 0.974 bits per heavy atom. The second-order valence-corrected chi connectivity index (χ2v) is 10.9. The molecule has 1 aliphatic heterocycles. The molecule has 11 heteroatoms. The summed E-state index contributed by atoms with van der Waals surface area (Å²) in [6, 6.07) is 19.6. The Balaban J connectivity index is 0.00000420. The third-order valence-electron chi connectivity index (χ3n) is 6.42. The van der Waals surface area contributed by atoms with Gasteiger partial charge in [0.25, 0.3) is 10.0 Å². The summed E-state index contributed by atoms with van der Waals surface area (Å²) in [6.07, 6.45) is 2.78. The summed E-state index contributed by atoms with van der Waals surface area (Å²) in [6.45, 7) is 2.46. The minimum absolute atomic E-state index is 0. The fourth-order valence-electron chi connectivity index (χ4n) is 4.41. The van der Waals surface area contributed by atoms with Crippen LogP contribution in [0.5, 0.6) is 11.5 Å². The van der Waals surface area contributed by atoms with Crippen LogP contribution in [0.15, 0.2) is 77.7 Å². The highest BCUT2D eigenvalue weighted by Crippen LogP contribution is 2.31. The monoisotopic (exact) mass is 572 g/mol. The molecule has 208 valence electrons. The largest absolute Gasteiger partial charge is 0.455 e. The molecule has 0 aliphatic carbocycles. The Kier molecular flexibility index (Phi) is 10.7. The van der Waals surface area contributed by atoms with E-state index in [0.29, 0.717) is 24.0 Å². The minimum Gasteiger partial charge on any atom is -0.455 e. The molecule has 2 amide bonds. The zero-order valence-electron chi connectivity index (χ0n) is 21.4. The fraction of sp³-hybridized carbons (Fsp3) is 0.286. The number of halogens is 1. The number of primary amides is 1. The quantitative estimate of drug-likeness (QED) is 0.275. The molecule has 3 aromatic rings. The predicted molar refractivity (Wildman–Crippen MR) is 153 cm³/mol. The average Bonchev–Trinajstić information content (AvgIpc) is 2.91. The number of nitrogens with two attached hydrogens (primary N) is 1. The molecule has 0 unspecified atom stereocenters. The summed E-state index contributed by atoms with van der Waals surface area (Å²) in [5.74, 6) is 0.369. The molecule has 1 saturated heterocycles. The lowest BCUT2D eigenvalue weighted by Gasteiger charge is -2.22. The van der Waals surface area contributed by atoms with Crippen LogP contribution in [-0.4, -0.2) is 39.9 Å². The molecule has 4 rings (SSSR count). The number of amides is 2. The molecular weight excluding hydrogens is 540 g/mol. The average molecular weight is 573 g/mol. The Morgan fingerprint density at radius 3 is 2.38 bits per heavy atom. The Morgan fingerprint density at radius 2 is 1.67 bits per heavy atom. The van der Waals surface area contributed by atoms with E-state index >= 15 is 0 Å². The van der Waals surface area contributed by atoms with E-state index in [4.69, 9.17) is 10.5 Å². The number of para-hydroxylation sites is 3. The van der Waals surface area contributed by atoms with Crippen LogP contribution in [-0.2, 0) is 21.2 Å². The molecule has 0 saturated carbocycles. The van der Waals surface area contributed by atoms with Gasteiger partial charge in [0.15, 0.2) is 5.75 Å². The van der Waals surface area contributed by atoms with Crippen LogP contribution in [0, 0.1) is 5.92 Å². The summed E-state index contributed by atoms with van der Waals surface area (Å²) >= 11 is 0. The zero-order chi connectivity index (χ0) is 27.0. The number of hydrogen-bond donors (Lipinski definition) is 4. The van der Waals surface area contributed by atoms with E-state index in [2.05, 4.69) is 15.4 Å². The van der Waals surface area contributed by atoms with E-state index in [1.54, 1.807) is 36.4 Å². The van der Waals surface area contributed by atoms with Crippen LogP contribution < -0.4 is 25.8 Å². The molecule has 1 fully saturated rings. The molecule has 0 radical (unpaired) electrons. The topological polar surface area (TPSA) is 140 Å². The summed E-state index contributed by atoms with van der Waals surface area (Å²) < 4.78 is 35.4. The van der Waals surface area contributed by atoms with Gasteiger partial charge in [-0.3, -0.25) is 14.3 Å². The normalized spacial score (nSPS) is 13.6. The van der Waals surface area contributed by atoms with Crippen LogP contribution in [0.2, 0.25) is 0 Å². The van der Waals surface area contributed by atoms with E-state index in [0.717, 1.165) is 32.4 Å². The molecule has 0 atom stereocenters. The van der Waals surface area contributed by atoms with Crippen molar-refractivity contribution < 1.29 is 22.7 Å². The molecule has 3 aromatic carbocycles. The number of nitrogens with one attached hydrogen (secondary N) is 3. The Labute approximate surface area is 235 Å². The molecule has 1 heterocycles. The standard InChI is InChI=1S/C28H32N4O5S.ClH/c29-28(34)21-10-11-26(22(18-21)19-27(33)31-17-14-20-12-15-30-16-13-20)38(35,36)32-24-8-4-5-9-25(24)37-23-6-2-1-3-7-23;/h1-11,18,20,30,32H,12-17,19H2,(H2,29,34)(H,31,33);1H. The smallest absolute Gasteiger partial charge is 0.262 e. The van der Waals surface area contributed by atoms with Crippen molar-refractivity contribution >= 4 is 39.9 Å². The summed E-state index contributed by atoms with van der Waals surface area (Å²) in [7, 11) is -4.15. The number of ether oxygens (including phenoxy) is 1. The number of carbonyl (C=O) groups excluding carboxylic acids is 2. The Hall–Kier alpha value is -3.60. The van der Waals surface area contributed by atoms with Crippen molar-refractivity contribution in [2.75, 3.05) is 24.4 Å². The molecule has 0 spiro atoms. The maximum absolute atomic E-state index is 13.5. The minimum atomic E-state index is -4.15. The summed E-state index contributed by atoms with van der Waals surface area (Å²) in [4.78, 5) is 24.4. The van der Waals surface area contributed by atoms with E-state index in [1.165, 1.54) is 18.2 Å². The van der Waals surface area contributed by atoms with Gasteiger partial charge >= 0.3 is 0 Å². The van der Waals surface area contributed by atoms with Gasteiger partial charge in [-0.15, -0.1) is 12.4 Å². The zero-order valence-corrected chi connectivity index (χ0v) is 23.0. The van der Waals surface area contributed by atoms with Crippen molar-refractivity contribution in [2.24, 2.45) is 11.7 Å². The first-order chi connectivity index (χ1) is 18.3. The maximum atomic E-state index is 13.5. The van der Waals surface area contributed by atoms with Crippen molar-refractivity contribution in [3.8, 4) is 11.5 Å². The maximum Gasteiger partial charge on any atom is 0.262 e. The number of rotatable bonds is 11. The highest BCUT2D eigenvalue weighted by Gasteiger charge is 2.23. The van der Waals surface area contributed by atoms with Gasteiger partial charge in [0, 0.05) is 12.1 Å². The van der Waals surface area contributed by atoms with Crippen molar-refractivity contribution in [3.05, 3.63) is 83.9 Å².